The van der Waals surface area contributed by atoms with Gasteiger partial charge >= 0.3 is 0 Å². The third-order valence-corrected chi connectivity index (χ3v) is 3.49. The summed E-state index contributed by atoms with van der Waals surface area (Å²) in [7, 11) is 0. The smallest absolute Gasteiger partial charge is 0.263 e. The number of anilines is 1. The Labute approximate surface area is 114 Å². The lowest BCUT2D eigenvalue weighted by Gasteiger charge is -2.24. The highest BCUT2D eigenvalue weighted by molar-refractivity contribution is 9.09. The number of fused-ring (bicyclic) bond motifs is 1. The van der Waals surface area contributed by atoms with E-state index in [1.807, 2.05) is 12.1 Å². The lowest BCUT2D eigenvalue weighted by Crippen LogP contribution is -2.42. The van der Waals surface area contributed by atoms with Crippen LogP contribution in [-0.4, -0.2) is 34.1 Å². The number of aliphatic hydroxyl groups is 2. The summed E-state index contributed by atoms with van der Waals surface area (Å²) >= 11 is 3.30. The van der Waals surface area contributed by atoms with Crippen LogP contribution in [0.5, 0.6) is 0 Å². The molecule has 0 saturated heterocycles. The first-order valence-electron chi connectivity index (χ1n) is 5.88. The zero-order valence-electron chi connectivity index (χ0n) is 10.1. The fraction of sp³-hybridized carbons (Fsp3) is 0.462. The van der Waals surface area contributed by atoms with E-state index in [9.17, 15) is 15.0 Å². The predicted octanol–water partition coefficient (Wildman–Crippen LogP) is 1.39. The van der Waals surface area contributed by atoms with Crippen LogP contribution >= 0.6 is 15.9 Å². The van der Waals surface area contributed by atoms with Crippen molar-refractivity contribution in [1.82, 2.24) is 0 Å². The number of amides is 1. The lowest BCUT2D eigenvalue weighted by atomic mass is 9.90. The van der Waals surface area contributed by atoms with Crippen molar-refractivity contribution in [2.75, 3.05) is 16.8 Å². The van der Waals surface area contributed by atoms with Crippen LogP contribution in [0, 0.1) is 0 Å². The number of hydrogen-bond acceptors (Lipinski definition) is 3. The number of halogens is 1. The molecule has 2 rings (SSSR count). The molecule has 0 saturated carbocycles. The maximum absolute atomic E-state index is 12.4. The molecule has 0 bridgehead atoms. The lowest BCUT2D eigenvalue weighted by molar-refractivity contribution is -0.139. The molecule has 0 radical (unpaired) electrons. The normalized spacial score (nSPS) is 24.2. The van der Waals surface area contributed by atoms with Crippen molar-refractivity contribution < 1.29 is 15.0 Å². The Kier molecular flexibility index (Phi) is 3.75. The van der Waals surface area contributed by atoms with Gasteiger partial charge in [-0.1, -0.05) is 34.1 Å². The Balaban J connectivity index is 2.47. The third kappa shape index (κ3) is 2.06. The van der Waals surface area contributed by atoms with Gasteiger partial charge in [-0.2, -0.15) is 0 Å². The van der Waals surface area contributed by atoms with Gasteiger partial charge in [0.25, 0.3) is 5.91 Å². The molecule has 1 aromatic rings. The first kappa shape index (κ1) is 13.5. The first-order chi connectivity index (χ1) is 8.50. The van der Waals surface area contributed by atoms with Crippen LogP contribution in [-0.2, 0) is 10.4 Å². The Hall–Kier alpha value is -0.910. The molecular formula is C13H16BrNO3. The van der Waals surface area contributed by atoms with Crippen LogP contribution in [0.2, 0.25) is 0 Å². The molecule has 1 aliphatic rings. The van der Waals surface area contributed by atoms with Crippen molar-refractivity contribution in [3.05, 3.63) is 29.8 Å². The molecule has 1 aliphatic heterocycles. The quantitative estimate of drug-likeness (QED) is 0.826. The van der Waals surface area contributed by atoms with Crippen molar-refractivity contribution in [3.63, 3.8) is 0 Å². The summed E-state index contributed by atoms with van der Waals surface area (Å²) in [5.41, 5.74) is -0.297. The van der Waals surface area contributed by atoms with E-state index < -0.39 is 11.7 Å². The number of rotatable bonds is 4. The summed E-state index contributed by atoms with van der Waals surface area (Å²) < 4.78 is 0. The van der Waals surface area contributed by atoms with Gasteiger partial charge in [-0.3, -0.25) is 4.79 Å². The minimum atomic E-state index is -1.60. The summed E-state index contributed by atoms with van der Waals surface area (Å²) in [6.07, 6.45) is -0.724. The molecule has 0 spiro atoms. The highest BCUT2D eigenvalue weighted by atomic mass is 79.9. The molecule has 98 valence electrons. The van der Waals surface area contributed by atoms with Crippen molar-refractivity contribution >= 4 is 27.5 Å². The summed E-state index contributed by atoms with van der Waals surface area (Å²) in [5.74, 6) is -0.357. The zero-order valence-corrected chi connectivity index (χ0v) is 11.7. The number of para-hydroxylation sites is 1. The van der Waals surface area contributed by atoms with E-state index in [0.29, 0.717) is 17.4 Å². The van der Waals surface area contributed by atoms with E-state index in [2.05, 4.69) is 15.9 Å². The number of nitrogens with zero attached hydrogens (tertiary/aromatic N) is 1. The third-order valence-electron chi connectivity index (χ3n) is 3.14. The van der Waals surface area contributed by atoms with E-state index in [-0.39, 0.29) is 12.3 Å². The zero-order chi connectivity index (χ0) is 13.3. The molecule has 0 aromatic heterocycles. The van der Waals surface area contributed by atoms with Gasteiger partial charge < -0.3 is 15.1 Å². The van der Waals surface area contributed by atoms with Crippen LogP contribution in [0.3, 0.4) is 0 Å². The van der Waals surface area contributed by atoms with Gasteiger partial charge in [0.1, 0.15) is 0 Å². The second kappa shape index (κ2) is 4.99. The largest absolute Gasteiger partial charge is 0.393 e. The molecule has 2 N–H and O–H groups in total. The molecule has 5 heteroatoms. The molecule has 0 fully saturated rings. The minimum Gasteiger partial charge on any atom is -0.393 e. The molecule has 18 heavy (non-hydrogen) atoms. The van der Waals surface area contributed by atoms with E-state index in [1.165, 1.54) is 0 Å². The molecule has 1 aromatic carbocycles. The number of aliphatic hydroxyl groups excluding tert-OH is 1. The second-order valence-corrected chi connectivity index (χ2v) is 5.37. The molecule has 1 heterocycles. The van der Waals surface area contributed by atoms with Crippen LogP contribution < -0.4 is 4.90 Å². The summed E-state index contributed by atoms with van der Waals surface area (Å²) in [6, 6.07) is 7.18. The number of carbonyl (C=O) groups excluding carboxylic acids is 1. The first-order valence-corrected chi connectivity index (χ1v) is 7.00. The molecule has 0 aliphatic carbocycles. The van der Waals surface area contributed by atoms with E-state index in [0.717, 1.165) is 5.69 Å². The number of hydrogen-bond donors (Lipinski definition) is 2. The van der Waals surface area contributed by atoms with E-state index in [1.54, 1.807) is 24.0 Å². The van der Waals surface area contributed by atoms with Crippen LogP contribution in [0.4, 0.5) is 5.69 Å². The van der Waals surface area contributed by atoms with Gasteiger partial charge in [-0.05, 0) is 13.0 Å². The maximum atomic E-state index is 12.4. The highest BCUT2D eigenvalue weighted by Gasteiger charge is 2.49. The second-order valence-electron chi connectivity index (χ2n) is 4.58. The number of benzene rings is 1. The number of alkyl halides is 1. The van der Waals surface area contributed by atoms with E-state index in [4.69, 9.17) is 0 Å². The SMILES string of the molecule is C[C@@H](O)C[C@]1(O)C(=O)N(CCBr)c2ccccc21. The summed E-state index contributed by atoms with van der Waals surface area (Å²) in [5, 5.41) is 20.7. The Morgan fingerprint density at radius 2 is 2.11 bits per heavy atom. The molecule has 2 atom stereocenters. The van der Waals surface area contributed by atoms with Gasteiger partial charge in [0, 0.05) is 23.9 Å². The fourth-order valence-electron chi connectivity index (χ4n) is 2.44. The highest BCUT2D eigenvalue weighted by Crippen LogP contribution is 2.42. The topological polar surface area (TPSA) is 60.8 Å². The summed E-state index contributed by atoms with van der Waals surface area (Å²) in [6.45, 7) is 2.07. The van der Waals surface area contributed by atoms with Crippen molar-refractivity contribution in [2.24, 2.45) is 0 Å². The average molecular weight is 314 g/mol. The van der Waals surface area contributed by atoms with Crippen molar-refractivity contribution in [1.29, 1.82) is 0 Å². The predicted molar refractivity (Wildman–Crippen MR) is 72.8 cm³/mol. The average Bonchev–Trinajstić information content (AvgIpc) is 2.52. The molecule has 1 amide bonds. The van der Waals surface area contributed by atoms with Gasteiger partial charge in [-0.15, -0.1) is 0 Å². The monoisotopic (exact) mass is 313 g/mol. The summed E-state index contributed by atoms with van der Waals surface area (Å²) in [4.78, 5) is 13.9. The van der Waals surface area contributed by atoms with Gasteiger partial charge in [0.05, 0.1) is 11.8 Å². The van der Waals surface area contributed by atoms with E-state index >= 15 is 0 Å². The Morgan fingerprint density at radius 3 is 2.72 bits per heavy atom. The van der Waals surface area contributed by atoms with Gasteiger partial charge in [-0.25, -0.2) is 0 Å². The van der Waals surface area contributed by atoms with Crippen LogP contribution in [0.15, 0.2) is 24.3 Å². The Morgan fingerprint density at radius 1 is 1.44 bits per heavy atom. The fourth-order valence-corrected chi connectivity index (χ4v) is 2.79. The minimum absolute atomic E-state index is 0.0155. The molecule has 4 nitrogen and oxygen atoms in total. The molecule has 0 unspecified atom stereocenters. The van der Waals surface area contributed by atoms with Crippen LogP contribution in [0.25, 0.3) is 0 Å². The Bertz CT molecular complexity index is 463. The van der Waals surface area contributed by atoms with Crippen molar-refractivity contribution in [2.45, 2.75) is 25.0 Å². The van der Waals surface area contributed by atoms with Crippen LogP contribution in [0.1, 0.15) is 18.9 Å². The number of carbonyl (C=O) groups is 1. The van der Waals surface area contributed by atoms with Crippen molar-refractivity contribution in [3.8, 4) is 0 Å². The van der Waals surface area contributed by atoms with Gasteiger partial charge in [0.15, 0.2) is 5.60 Å². The van der Waals surface area contributed by atoms with Gasteiger partial charge in [0.2, 0.25) is 0 Å². The standard InChI is InChI=1S/C13H16BrNO3/c1-9(16)8-13(18)10-4-2-3-5-11(10)15(7-6-14)12(13)17/h2-5,9,16,18H,6-8H2,1H3/t9-,13-/m1/s1. The molecular weight excluding hydrogens is 298 g/mol. The maximum Gasteiger partial charge on any atom is 0.263 e.